The molecule has 0 radical (unpaired) electrons. The third kappa shape index (κ3) is 11.5. The van der Waals surface area contributed by atoms with E-state index in [1.54, 1.807) is 0 Å². The van der Waals surface area contributed by atoms with Crippen LogP contribution in [0.25, 0.3) is 0 Å². The number of para-hydroxylation sites is 1. The lowest BCUT2D eigenvalue weighted by Crippen LogP contribution is -2.76. The number of hydrogen-bond donors (Lipinski definition) is 3. The molecule has 0 amide bonds. The zero-order valence-corrected chi connectivity index (χ0v) is 28.2. The van der Waals surface area contributed by atoms with Gasteiger partial charge in [-0.15, -0.1) is 15.4 Å². The molecular formula is C31H65N9. The van der Waals surface area contributed by atoms with Gasteiger partial charge in [-0.25, -0.2) is 16.0 Å². The highest BCUT2D eigenvalue weighted by atomic mass is 16.2. The standard InChI is InChI=1S/C31H65N9/c1-13-16-22-33-36(26-27(4)5)38(29(8)15-3)40(31(9,10)11)39(30-20-18-17-19-21-30)37(28(6)7)35(25-14-2)34-24-23-32-12/h17-21,27-29,32-34H,13-16,22-26H2,1-12H3. The molecule has 1 unspecified atom stereocenters. The van der Waals surface area contributed by atoms with E-state index in [0.29, 0.717) is 5.92 Å². The lowest BCUT2D eigenvalue weighted by molar-refractivity contribution is -0.304. The van der Waals surface area contributed by atoms with E-state index in [1.165, 1.54) is 0 Å². The predicted molar refractivity (Wildman–Crippen MR) is 172 cm³/mol. The molecule has 0 saturated heterocycles. The van der Waals surface area contributed by atoms with Crippen LogP contribution in [0.2, 0.25) is 0 Å². The summed E-state index contributed by atoms with van der Waals surface area (Å²) in [4.78, 5) is 0. The summed E-state index contributed by atoms with van der Waals surface area (Å²) in [6.07, 6.45) is 4.34. The summed E-state index contributed by atoms with van der Waals surface area (Å²) >= 11 is 0. The molecule has 0 bridgehead atoms. The van der Waals surface area contributed by atoms with E-state index in [9.17, 15) is 0 Å². The Balaban J connectivity index is 3.92. The van der Waals surface area contributed by atoms with Crippen molar-refractivity contribution in [2.75, 3.05) is 44.9 Å². The number of hydrogen-bond acceptors (Lipinski definition) is 9. The fraction of sp³-hybridized carbons (Fsp3) is 0.806. The normalized spacial score (nSPS) is 13.7. The number of anilines is 1. The Morgan fingerprint density at radius 1 is 0.775 bits per heavy atom. The van der Waals surface area contributed by atoms with Gasteiger partial charge in [0, 0.05) is 44.8 Å². The average Bonchev–Trinajstić information content (AvgIpc) is 2.89. The third-order valence-electron chi connectivity index (χ3n) is 6.56. The van der Waals surface area contributed by atoms with E-state index in [2.05, 4.69) is 153 Å². The number of nitrogens with zero attached hydrogens (tertiary/aromatic N) is 6. The maximum Gasteiger partial charge on any atom is 0.0737 e. The highest BCUT2D eigenvalue weighted by molar-refractivity contribution is 5.44. The zero-order chi connectivity index (χ0) is 30.3. The Hall–Kier alpha value is -1.30. The minimum absolute atomic E-state index is 0.184. The van der Waals surface area contributed by atoms with Crippen molar-refractivity contribution in [2.24, 2.45) is 5.92 Å². The van der Waals surface area contributed by atoms with Gasteiger partial charge in [-0.2, -0.15) is 10.2 Å². The van der Waals surface area contributed by atoms with Crippen LogP contribution < -0.4 is 21.3 Å². The minimum Gasteiger partial charge on any atom is -0.318 e. The third-order valence-corrected chi connectivity index (χ3v) is 6.56. The van der Waals surface area contributed by atoms with Crippen LogP contribution >= 0.6 is 0 Å². The number of hydrazine groups is 7. The highest BCUT2D eigenvalue weighted by Gasteiger charge is 2.43. The van der Waals surface area contributed by atoms with Crippen LogP contribution in [-0.4, -0.2) is 83.0 Å². The maximum atomic E-state index is 3.83. The van der Waals surface area contributed by atoms with Crippen LogP contribution in [0.5, 0.6) is 0 Å². The van der Waals surface area contributed by atoms with Crippen LogP contribution in [0.3, 0.4) is 0 Å². The highest BCUT2D eigenvalue weighted by Crippen LogP contribution is 2.31. The van der Waals surface area contributed by atoms with Crippen molar-refractivity contribution < 1.29 is 0 Å². The van der Waals surface area contributed by atoms with Gasteiger partial charge in [-0.1, -0.05) is 59.2 Å². The summed E-state index contributed by atoms with van der Waals surface area (Å²) in [5, 5.41) is 17.7. The molecule has 1 atom stereocenters. The van der Waals surface area contributed by atoms with E-state index in [-0.39, 0.29) is 17.6 Å². The summed E-state index contributed by atoms with van der Waals surface area (Å²) in [7, 11) is 2.00. The predicted octanol–water partition coefficient (Wildman–Crippen LogP) is 5.68. The van der Waals surface area contributed by atoms with Crippen molar-refractivity contribution in [1.29, 1.82) is 0 Å². The van der Waals surface area contributed by atoms with Crippen molar-refractivity contribution in [1.82, 2.24) is 41.8 Å². The first-order chi connectivity index (χ1) is 18.9. The molecule has 0 fully saturated rings. The molecule has 0 saturated carbocycles. The Morgan fingerprint density at radius 3 is 1.88 bits per heavy atom. The van der Waals surface area contributed by atoms with E-state index >= 15 is 0 Å². The van der Waals surface area contributed by atoms with Gasteiger partial charge < -0.3 is 5.32 Å². The monoisotopic (exact) mass is 564 g/mol. The van der Waals surface area contributed by atoms with Gasteiger partial charge in [0.05, 0.1) is 11.2 Å². The van der Waals surface area contributed by atoms with Crippen LogP contribution in [0.15, 0.2) is 30.3 Å². The van der Waals surface area contributed by atoms with E-state index < -0.39 is 0 Å². The Morgan fingerprint density at radius 2 is 1.40 bits per heavy atom. The molecule has 1 rings (SSSR count). The molecule has 1 aromatic carbocycles. The van der Waals surface area contributed by atoms with Crippen LogP contribution in [0, 0.1) is 5.92 Å². The van der Waals surface area contributed by atoms with Crippen molar-refractivity contribution in [2.45, 2.75) is 119 Å². The first kappa shape index (κ1) is 36.7. The molecule has 0 aromatic heterocycles. The average molecular weight is 564 g/mol. The van der Waals surface area contributed by atoms with Gasteiger partial charge >= 0.3 is 0 Å². The molecule has 0 heterocycles. The first-order valence-corrected chi connectivity index (χ1v) is 15.8. The van der Waals surface area contributed by atoms with Gasteiger partial charge in [0.1, 0.15) is 0 Å². The second-order valence-electron chi connectivity index (χ2n) is 12.4. The first-order valence-electron chi connectivity index (χ1n) is 15.8. The fourth-order valence-electron chi connectivity index (χ4n) is 4.57. The van der Waals surface area contributed by atoms with E-state index in [0.717, 1.165) is 64.1 Å². The van der Waals surface area contributed by atoms with E-state index in [4.69, 9.17) is 0 Å². The number of benzene rings is 1. The van der Waals surface area contributed by atoms with Crippen molar-refractivity contribution in [3.63, 3.8) is 0 Å². The lowest BCUT2D eigenvalue weighted by Gasteiger charge is -2.58. The molecule has 3 N–H and O–H groups in total. The van der Waals surface area contributed by atoms with Crippen molar-refractivity contribution in [3.05, 3.63) is 30.3 Å². The summed E-state index contributed by atoms with van der Waals surface area (Å²) in [5.74, 6) is 0.494. The molecule has 40 heavy (non-hydrogen) atoms. The smallest absolute Gasteiger partial charge is 0.0737 e. The van der Waals surface area contributed by atoms with Crippen molar-refractivity contribution in [3.8, 4) is 0 Å². The van der Waals surface area contributed by atoms with Crippen LogP contribution in [0.1, 0.15) is 102 Å². The van der Waals surface area contributed by atoms with Crippen molar-refractivity contribution >= 4 is 5.69 Å². The summed E-state index contributed by atoms with van der Waals surface area (Å²) in [5.41, 5.74) is 8.42. The Labute approximate surface area is 248 Å². The topological polar surface area (TPSA) is 55.5 Å². The lowest BCUT2D eigenvalue weighted by atomic mass is 10.1. The molecular weight excluding hydrogens is 498 g/mol. The van der Waals surface area contributed by atoms with Crippen LogP contribution in [0.4, 0.5) is 5.69 Å². The zero-order valence-electron chi connectivity index (χ0n) is 28.2. The van der Waals surface area contributed by atoms with Gasteiger partial charge in [0.2, 0.25) is 0 Å². The molecule has 1 aromatic rings. The second-order valence-corrected chi connectivity index (χ2v) is 12.4. The molecule has 9 heteroatoms. The van der Waals surface area contributed by atoms with Gasteiger partial charge in [0.15, 0.2) is 0 Å². The molecule has 0 aliphatic rings. The Bertz CT molecular complexity index is 753. The number of unbranched alkanes of at least 4 members (excludes halogenated alkanes) is 1. The molecule has 234 valence electrons. The van der Waals surface area contributed by atoms with Gasteiger partial charge in [-0.3, -0.25) is 0 Å². The second kappa shape index (κ2) is 19.0. The number of likely N-dealkylation sites (N-methyl/N-ethyl adjacent to an activating group) is 1. The van der Waals surface area contributed by atoms with Gasteiger partial charge in [0.25, 0.3) is 0 Å². The SMILES string of the molecule is CCCCNN(CC(C)C)N(C(C)CC)N(N(c1ccccc1)N(C(C)C)N(CCC)NCCNC)C(C)(C)C. The molecule has 0 aliphatic heterocycles. The van der Waals surface area contributed by atoms with Crippen LogP contribution in [-0.2, 0) is 0 Å². The quantitative estimate of drug-likeness (QED) is 0.130. The number of rotatable bonds is 21. The van der Waals surface area contributed by atoms with Gasteiger partial charge in [-0.05, 0) is 85.9 Å². The summed E-state index contributed by atoms with van der Waals surface area (Å²) in [6, 6.07) is 11.3. The summed E-state index contributed by atoms with van der Waals surface area (Å²) in [6.45, 7) is 29.7. The van der Waals surface area contributed by atoms with E-state index in [1.807, 2.05) is 7.05 Å². The molecule has 9 nitrogen and oxygen atoms in total. The largest absolute Gasteiger partial charge is 0.318 e. The minimum atomic E-state index is -0.253. The molecule has 0 aliphatic carbocycles. The Kier molecular flexibility index (Phi) is 17.4. The fourth-order valence-corrected chi connectivity index (χ4v) is 4.57. The maximum absolute atomic E-state index is 3.83. The number of nitrogens with one attached hydrogen (secondary N) is 3. The summed E-state index contributed by atoms with van der Waals surface area (Å²) < 4.78 is 0. The molecule has 0 spiro atoms.